The van der Waals surface area contributed by atoms with Crippen molar-refractivity contribution in [3.05, 3.63) is 40.2 Å². The summed E-state index contributed by atoms with van der Waals surface area (Å²) in [5.41, 5.74) is -0.595. The Bertz CT molecular complexity index is 1090. The first-order chi connectivity index (χ1) is 11.7. The number of benzene rings is 1. The van der Waals surface area contributed by atoms with Crippen molar-refractivity contribution in [3.8, 4) is 0 Å². The molecule has 9 nitrogen and oxygen atoms in total. The first-order valence-corrected chi connectivity index (χ1v) is 8.61. The molecule has 1 N–H and O–H groups in total. The fourth-order valence-electron chi connectivity index (χ4n) is 2.24. The molecule has 0 aliphatic carbocycles. The highest BCUT2D eigenvalue weighted by Crippen LogP contribution is 2.22. The molecule has 3 rings (SSSR count). The molecule has 0 saturated carbocycles. The van der Waals surface area contributed by atoms with Gasteiger partial charge in [0.15, 0.2) is 10.5 Å². The number of ether oxygens (including phenoxy) is 1. The lowest BCUT2D eigenvalue weighted by Crippen LogP contribution is -2.34. The minimum Gasteiger partial charge on any atom is -0.463 e. The van der Waals surface area contributed by atoms with Gasteiger partial charge in [-0.2, -0.15) is 0 Å². The van der Waals surface area contributed by atoms with E-state index in [-0.39, 0.29) is 26.7 Å². The van der Waals surface area contributed by atoms with Crippen LogP contribution in [-0.4, -0.2) is 43.4 Å². The zero-order chi connectivity index (χ0) is 18.4. The number of thiocarbonyl (C=S) groups is 1. The van der Waals surface area contributed by atoms with Crippen molar-refractivity contribution in [2.75, 3.05) is 13.7 Å². The van der Waals surface area contributed by atoms with Crippen LogP contribution >= 0.6 is 12.2 Å². The minimum atomic E-state index is -4.12. The molecule has 0 radical (unpaired) electrons. The Balaban J connectivity index is 2.12. The second kappa shape index (κ2) is 5.93. The van der Waals surface area contributed by atoms with E-state index in [4.69, 9.17) is 16.6 Å². The van der Waals surface area contributed by atoms with Crippen LogP contribution < -0.4 is 10.7 Å². The molecule has 130 valence electrons. The molecule has 1 aliphatic heterocycles. The highest BCUT2D eigenvalue weighted by atomic mass is 32.2. The molecule has 2 aromatic rings. The lowest BCUT2D eigenvalue weighted by atomic mass is 10.2. The van der Waals surface area contributed by atoms with E-state index < -0.39 is 33.9 Å². The van der Waals surface area contributed by atoms with Crippen molar-refractivity contribution < 1.29 is 27.2 Å². The van der Waals surface area contributed by atoms with Gasteiger partial charge in [-0.05, 0) is 30.4 Å². The zero-order valence-electron chi connectivity index (χ0n) is 12.6. The Morgan fingerprint density at radius 3 is 2.64 bits per heavy atom. The summed E-state index contributed by atoms with van der Waals surface area (Å²) < 4.78 is 35.7. The predicted octanol–water partition coefficient (Wildman–Crippen LogP) is -0.0150. The number of hydrogen-bond donors (Lipinski definition) is 1. The van der Waals surface area contributed by atoms with Crippen LogP contribution in [0.1, 0.15) is 10.6 Å². The van der Waals surface area contributed by atoms with Crippen LogP contribution in [0.2, 0.25) is 0 Å². The molecule has 25 heavy (non-hydrogen) atoms. The average Bonchev–Trinajstić information content (AvgIpc) is 2.92. The van der Waals surface area contributed by atoms with E-state index in [1.54, 1.807) is 0 Å². The third-order valence-corrected chi connectivity index (χ3v) is 5.61. The fraction of sp³-hybridized carbons (Fsp3) is 0.143. The lowest BCUT2D eigenvalue weighted by molar-refractivity contribution is -0.118. The maximum Gasteiger partial charge on any atom is 0.374 e. The Hall–Kier alpha value is -2.79. The van der Waals surface area contributed by atoms with E-state index in [9.17, 15) is 22.8 Å². The van der Waals surface area contributed by atoms with Gasteiger partial charge in [-0.25, -0.2) is 17.5 Å². The van der Waals surface area contributed by atoms with Crippen molar-refractivity contribution in [3.63, 3.8) is 0 Å². The number of methoxy groups -OCH3 is 1. The molecule has 0 spiro atoms. The SMILES string of the molecule is COC(=O)c1cc(=O)c2cc(S(=O)(=O)N3CC(=O)NC3=S)ccc2o1. The standard InChI is InChI=1S/C14H10N2O7S2/c1-22-13(19)11-5-9(17)8-4-7(2-3-10(8)23-11)25(20,21)16-6-12(18)15-14(16)24/h2-5H,6H2,1H3,(H,15,18,24). The third-order valence-electron chi connectivity index (χ3n) is 3.43. The van der Waals surface area contributed by atoms with Gasteiger partial charge < -0.3 is 14.5 Å². The number of amides is 1. The van der Waals surface area contributed by atoms with Gasteiger partial charge in [-0.15, -0.1) is 0 Å². The summed E-state index contributed by atoms with van der Waals surface area (Å²) in [5, 5.41) is 1.94. The van der Waals surface area contributed by atoms with E-state index in [2.05, 4.69) is 10.1 Å². The van der Waals surface area contributed by atoms with Gasteiger partial charge in [0.05, 0.1) is 17.4 Å². The van der Waals surface area contributed by atoms with Crippen LogP contribution in [0.3, 0.4) is 0 Å². The second-order valence-corrected chi connectivity index (χ2v) is 7.24. The predicted molar refractivity (Wildman–Crippen MR) is 88.5 cm³/mol. The number of rotatable bonds is 3. The van der Waals surface area contributed by atoms with Gasteiger partial charge in [0.2, 0.25) is 11.7 Å². The molecule has 1 aromatic carbocycles. The Labute approximate surface area is 146 Å². The fourth-order valence-corrected chi connectivity index (χ4v) is 4.03. The molecule has 0 atom stereocenters. The number of esters is 1. The monoisotopic (exact) mass is 382 g/mol. The molecule has 2 heterocycles. The van der Waals surface area contributed by atoms with Crippen LogP contribution in [0.5, 0.6) is 0 Å². The highest BCUT2D eigenvalue weighted by molar-refractivity contribution is 7.91. The van der Waals surface area contributed by atoms with Crippen LogP contribution in [0.4, 0.5) is 0 Å². The molecule has 0 bridgehead atoms. The number of carbonyl (C=O) groups is 2. The zero-order valence-corrected chi connectivity index (χ0v) is 14.3. The maximum atomic E-state index is 12.6. The molecule has 1 saturated heterocycles. The molecule has 1 fully saturated rings. The van der Waals surface area contributed by atoms with Gasteiger partial charge in [0.25, 0.3) is 10.0 Å². The molecule has 1 aromatic heterocycles. The molecule has 11 heteroatoms. The summed E-state index contributed by atoms with van der Waals surface area (Å²) in [6, 6.07) is 4.44. The molecule has 1 amide bonds. The molecule has 0 unspecified atom stereocenters. The quantitative estimate of drug-likeness (QED) is 0.581. The molecular weight excluding hydrogens is 372 g/mol. The summed E-state index contributed by atoms with van der Waals surface area (Å²) in [6.45, 7) is -0.435. The van der Waals surface area contributed by atoms with Crippen LogP contribution in [0, 0.1) is 0 Å². The van der Waals surface area contributed by atoms with Crippen molar-refractivity contribution >= 4 is 50.2 Å². The van der Waals surface area contributed by atoms with Crippen molar-refractivity contribution in [2.45, 2.75) is 4.90 Å². The van der Waals surface area contributed by atoms with Gasteiger partial charge in [0.1, 0.15) is 12.1 Å². The number of nitrogens with one attached hydrogen (secondary N) is 1. The normalized spacial score (nSPS) is 14.7. The first-order valence-electron chi connectivity index (χ1n) is 6.77. The minimum absolute atomic E-state index is 0.0186. The van der Waals surface area contributed by atoms with Gasteiger partial charge in [-0.3, -0.25) is 9.59 Å². The number of carbonyl (C=O) groups excluding carboxylic acids is 2. The Kier molecular flexibility index (Phi) is 4.05. The van der Waals surface area contributed by atoms with E-state index in [1.165, 1.54) is 12.1 Å². The van der Waals surface area contributed by atoms with Crippen molar-refractivity contribution in [1.29, 1.82) is 0 Å². The van der Waals surface area contributed by atoms with Crippen molar-refractivity contribution in [2.24, 2.45) is 0 Å². The van der Waals surface area contributed by atoms with Gasteiger partial charge in [0, 0.05) is 6.07 Å². The van der Waals surface area contributed by atoms with Crippen LogP contribution in [0.15, 0.2) is 38.4 Å². The topological polar surface area (TPSA) is 123 Å². The largest absolute Gasteiger partial charge is 0.463 e. The second-order valence-electron chi connectivity index (χ2n) is 4.99. The average molecular weight is 382 g/mol. The number of nitrogens with zero attached hydrogens (tertiary/aromatic N) is 1. The number of fused-ring (bicyclic) bond motifs is 1. The Morgan fingerprint density at radius 2 is 2.04 bits per heavy atom. The Morgan fingerprint density at radius 1 is 1.32 bits per heavy atom. The van der Waals surface area contributed by atoms with E-state index >= 15 is 0 Å². The van der Waals surface area contributed by atoms with E-state index in [0.29, 0.717) is 0 Å². The highest BCUT2D eigenvalue weighted by Gasteiger charge is 2.35. The van der Waals surface area contributed by atoms with Crippen molar-refractivity contribution in [1.82, 2.24) is 9.62 Å². The summed E-state index contributed by atoms with van der Waals surface area (Å²) >= 11 is 4.83. The van der Waals surface area contributed by atoms with Gasteiger partial charge in [-0.1, -0.05) is 0 Å². The number of sulfonamides is 1. The van der Waals surface area contributed by atoms with Crippen LogP contribution in [0.25, 0.3) is 11.0 Å². The van der Waals surface area contributed by atoms with Crippen LogP contribution in [-0.2, 0) is 19.6 Å². The maximum absolute atomic E-state index is 12.6. The summed E-state index contributed by atoms with van der Waals surface area (Å²) in [6.07, 6.45) is 0. The summed E-state index contributed by atoms with van der Waals surface area (Å²) in [4.78, 5) is 34.7. The number of hydrogen-bond acceptors (Lipinski definition) is 8. The molecular formula is C14H10N2O7S2. The first kappa shape index (κ1) is 17.0. The summed E-state index contributed by atoms with van der Waals surface area (Å²) in [7, 11) is -2.99. The van der Waals surface area contributed by atoms with E-state index in [0.717, 1.165) is 23.5 Å². The summed E-state index contributed by atoms with van der Waals surface area (Å²) in [5.74, 6) is -1.68. The third kappa shape index (κ3) is 2.87. The smallest absolute Gasteiger partial charge is 0.374 e. The van der Waals surface area contributed by atoms with Gasteiger partial charge >= 0.3 is 5.97 Å². The lowest BCUT2D eigenvalue weighted by Gasteiger charge is -2.16. The molecule has 1 aliphatic rings. The van der Waals surface area contributed by atoms with E-state index in [1.807, 2.05) is 0 Å².